The number of pyridine rings is 1. The van der Waals surface area contributed by atoms with E-state index < -0.39 is 16.6 Å². The van der Waals surface area contributed by atoms with Crippen molar-refractivity contribution in [3.05, 3.63) is 62.6 Å². The number of carbonyl (C=O) groups is 1. The van der Waals surface area contributed by atoms with Crippen LogP contribution in [-0.4, -0.2) is 20.9 Å². The number of aromatic amines is 1. The summed E-state index contributed by atoms with van der Waals surface area (Å²) in [4.78, 5) is 34.9. The quantitative estimate of drug-likeness (QED) is 0.441. The van der Waals surface area contributed by atoms with Crippen LogP contribution in [0, 0.1) is 10.1 Å². The molecule has 1 amide bonds. The maximum atomic E-state index is 11.8. The molecule has 8 heteroatoms. The maximum Gasteiger partial charge on any atom is 0.273 e. The van der Waals surface area contributed by atoms with E-state index in [2.05, 4.69) is 10.3 Å². The highest BCUT2D eigenvalue weighted by Crippen LogP contribution is 2.28. The fraction of sp³-hybridized carbons (Fsp3) is 0. The molecule has 2 rings (SSSR count). The largest absolute Gasteiger partial charge is 0.506 e. The summed E-state index contributed by atoms with van der Waals surface area (Å²) in [5.74, 6) is -0.984. The number of nitrogens with zero attached hydrogens (tertiary/aromatic N) is 1. The van der Waals surface area contributed by atoms with Crippen LogP contribution in [0.4, 0.5) is 11.4 Å². The van der Waals surface area contributed by atoms with Gasteiger partial charge < -0.3 is 15.4 Å². The Morgan fingerprint density at radius 2 is 2.05 bits per heavy atom. The van der Waals surface area contributed by atoms with E-state index in [1.165, 1.54) is 24.4 Å². The molecule has 0 aliphatic heterocycles. The number of aromatic hydroxyl groups is 1. The molecule has 1 heterocycles. The minimum atomic E-state index is -0.659. The number of hydrogen-bond acceptors (Lipinski definition) is 5. The van der Waals surface area contributed by atoms with Crippen LogP contribution >= 0.6 is 0 Å². The van der Waals surface area contributed by atoms with Gasteiger partial charge in [-0.15, -0.1) is 0 Å². The van der Waals surface area contributed by atoms with Crippen LogP contribution in [0.25, 0.3) is 0 Å². The molecule has 8 nitrogen and oxygen atoms in total. The molecule has 2 aromatic rings. The summed E-state index contributed by atoms with van der Waals surface area (Å²) in [6, 6.07) is 5.81. The molecule has 1 aromatic heterocycles. The summed E-state index contributed by atoms with van der Waals surface area (Å²) in [5, 5.41) is 22.5. The lowest BCUT2D eigenvalue weighted by atomic mass is 10.2. The monoisotopic (exact) mass is 275 g/mol. The van der Waals surface area contributed by atoms with Gasteiger partial charge in [0.1, 0.15) is 5.75 Å². The fourth-order valence-electron chi connectivity index (χ4n) is 1.49. The third-order valence-corrected chi connectivity index (χ3v) is 2.49. The number of non-ortho nitro benzene ring substituents is 1. The number of H-pyrrole nitrogens is 1. The lowest BCUT2D eigenvalue weighted by Crippen LogP contribution is -2.14. The van der Waals surface area contributed by atoms with Gasteiger partial charge >= 0.3 is 0 Å². The average Bonchev–Trinajstić information content (AvgIpc) is 2.41. The Hall–Kier alpha value is -3.16. The van der Waals surface area contributed by atoms with Crippen LogP contribution in [0.1, 0.15) is 10.4 Å². The molecule has 0 radical (unpaired) electrons. The van der Waals surface area contributed by atoms with Gasteiger partial charge in [-0.05, 0) is 12.1 Å². The molecule has 0 unspecified atom stereocenters. The molecular formula is C12H9N3O5. The summed E-state index contributed by atoms with van der Waals surface area (Å²) < 4.78 is 0. The Kier molecular flexibility index (Phi) is 3.47. The number of phenols is 1. The van der Waals surface area contributed by atoms with Gasteiger partial charge in [-0.25, -0.2) is 0 Å². The van der Waals surface area contributed by atoms with E-state index in [1.807, 2.05) is 0 Å². The number of phenolic OH excluding ortho intramolecular Hbond substituents is 1. The third kappa shape index (κ3) is 2.80. The molecular weight excluding hydrogens is 266 g/mol. The SMILES string of the molecule is O=C(Nc1ccc([N+](=O)[O-])cc1O)c1ccc(=O)[nH]c1. The van der Waals surface area contributed by atoms with E-state index in [0.717, 1.165) is 12.1 Å². The maximum absolute atomic E-state index is 11.8. The lowest BCUT2D eigenvalue weighted by Gasteiger charge is -2.06. The fourth-order valence-corrected chi connectivity index (χ4v) is 1.49. The Morgan fingerprint density at radius 3 is 2.60 bits per heavy atom. The second kappa shape index (κ2) is 5.22. The highest BCUT2D eigenvalue weighted by Gasteiger charge is 2.13. The molecule has 0 fully saturated rings. The van der Waals surface area contributed by atoms with Gasteiger partial charge in [0.15, 0.2) is 0 Å². The third-order valence-electron chi connectivity index (χ3n) is 2.49. The molecule has 20 heavy (non-hydrogen) atoms. The number of rotatable bonds is 3. The van der Waals surface area contributed by atoms with Crippen LogP contribution in [0.5, 0.6) is 5.75 Å². The molecule has 0 spiro atoms. The van der Waals surface area contributed by atoms with Crippen molar-refractivity contribution in [2.24, 2.45) is 0 Å². The zero-order valence-corrected chi connectivity index (χ0v) is 9.99. The number of nitrogens with one attached hydrogen (secondary N) is 2. The molecule has 1 aromatic carbocycles. The van der Waals surface area contributed by atoms with Gasteiger partial charge in [0.2, 0.25) is 5.56 Å². The second-order valence-electron chi connectivity index (χ2n) is 3.85. The van der Waals surface area contributed by atoms with Crippen LogP contribution in [0.15, 0.2) is 41.3 Å². The highest BCUT2D eigenvalue weighted by molar-refractivity contribution is 6.04. The van der Waals surface area contributed by atoms with Crippen LogP contribution in [0.2, 0.25) is 0 Å². The van der Waals surface area contributed by atoms with E-state index in [0.29, 0.717) is 0 Å². The molecule has 0 atom stereocenters. The first-order chi connectivity index (χ1) is 9.47. The van der Waals surface area contributed by atoms with Crippen molar-refractivity contribution in [3.8, 4) is 5.75 Å². The number of carbonyl (C=O) groups excluding carboxylic acids is 1. The van der Waals surface area contributed by atoms with Crippen LogP contribution in [-0.2, 0) is 0 Å². The van der Waals surface area contributed by atoms with Crippen molar-refractivity contribution < 1.29 is 14.8 Å². The van der Waals surface area contributed by atoms with E-state index in [-0.39, 0.29) is 22.5 Å². The number of nitro benzene ring substituents is 1. The number of anilines is 1. The molecule has 0 bridgehead atoms. The van der Waals surface area contributed by atoms with Crippen molar-refractivity contribution in [3.63, 3.8) is 0 Å². The van der Waals surface area contributed by atoms with Gasteiger partial charge in [-0.1, -0.05) is 0 Å². The van der Waals surface area contributed by atoms with Gasteiger partial charge in [0.25, 0.3) is 11.6 Å². The number of benzene rings is 1. The van der Waals surface area contributed by atoms with Crippen molar-refractivity contribution in [1.29, 1.82) is 0 Å². The predicted octanol–water partition coefficient (Wildman–Crippen LogP) is 1.24. The van der Waals surface area contributed by atoms with Gasteiger partial charge in [-0.2, -0.15) is 0 Å². The average molecular weight is 275 g/mol. The van der Waals surface area contributed by atoms with E-state index >= 15 is 0 Å². The highest BCUT2D eigenvalue weighted by atomic mass is 16.6. The van der Waals surface area contributed by atoms with Crippen LogP contribution < -0.4 is 10.9 Å². The Balaban J connectivity index is 2.21. The first kappa shape index (κ1) is 13.3. The first-order valence-electron chi connectivity index (χ1n) is 5.45. The summed E-state index contributed by atoms with van der Waals surface area (Å²) in [6.07, 6.45) is 1.22. The van der Waals surface area contributed by atoms with Crippen molar-refractivity contribution in [1.82, 2.24) is 4.98 Å². The van der Waals surface area contributed by atoms with Crippen LogP contribution in [0.3, 0.4) is 0 Å². The predicted molar refractivity (Wildman–Crippen MR) is 69.8 cm³/mol. The molecule has 0 saturated heterocycles. The van der Waals surface area contributed by atoms with Gasteiger partial charge in [0.05, 0.1) is 22.2 Å². The number of aromatic nitrogens is 1. The van der Waals surface area contributed by atoms with Gasteiger partial charge in [0, 0.05) is 18.3 Å². The van der Waals surface area contributed by atoms with Crippen molar-refractivity contribution in [2.45, 2.75) is 0 Å². The van der Waals surface area contributed by atoms with E-state index in [1.54, 1.807) is 0 Å². The minimum Gasteiger partial charge on any atom is -0.506 e. The Bertz CT molecular complexity index is 718. The Labute approximate surface area is 111 Å². The normalized spacial score (nSPS) is 10.0. The smallest absolute Gasteiger partial charge is 0.273 e. The molecule has 102 valence electrons. The van der Waals surface area contributed by atoms with Gasteiger partial charge in [-0.3, -0.25) is 19.7 Å². The summed E-state index contributed by atoms with van der Waals surface area (Å²) in [6.45, 7) is 0. The molecule has 0 aliphatic carbocycles. The number of nitro groups is 1. The molecule has 3 N–H and O–H groups in total. The first-order valence-corrected chi connectivity index (χ1v) is 5.45. The minimum absolute atomic E-state index is 0.0341. The summed E-state index contributed by atoms with van der Waals surface area (Å²) >= 11 is 0. The van der Waals surface area contributed by atoms with Crippen molar-refractivity contribution in [2.75, 3.05) is 5.32 Å². The zero-order chi connectivity index (χ0) is 14.7. The lowest BCUT2D eigenvalue weighted by molar-refractivity contribution is -0.384. The van der Waals surface area contributed by atoms with Crippen molar-refractivity contribution >= 4 is 17.3 Å². The summed E-state index contributed by atoms with van der Waals surface area (Å²) in [7, 11) is 0. The Morgan fingerprint density at radius 1 is 1.30 bits per heavy atom. The standard InChI is InChI=1S/C12H9N3O5/c16-10-5-8(15(19)20)2-3-9(10)14-12(18)7-1-4-11(17)13-6-7/h1-6,16H,(H,13,17)(H,14,18). The number of amides is 1. The van der Waals surface area contributed by atoms with E-state index in [4.69, 9.17) is 0 Å². The molecule has 0 aliphatic rings. The van der Waals surface area contributed by atoms with E-state index in [9.17, 15) is 24.8 Å². The second-order valence-corrected chi connectivity index (χ2v) is 3.85. The summed E-state index contributed by atoms with van der Waals surface area (Å²) in [5.41, 5.74) is -0.418. The number of hydrogen-bond donors (Lipinski definition) is 3. The molecule has 0 saturated carbocycles. The topological polar surface area (TPSA) is 125 Å². The zero-order valence-electron chi connectivity index (χ0n) is 9.99.